The molecule has 3 rings (SSSR count). The second-order valence-electron chi connectivity index (χ2n) is 9.14. The van der Waals surface area contributed by atoms with Crippen molar-refractivity contribution in [3.05, 3.63) is 101 Å². The maximum atomic E-state index is 13.3. The number of rotatable bonds is 12. The van der Waals surface area contributed by atoms with Crippen molar-refractivity contribution in [3.63, 3.8) is 0 Å². The first-order chi connectivity index (χ1) is 18.2. The first kappa shape index (κ1) is 29.2. The summed E-state index contributed by atoms with van der Waals surface area (Å²) in [6.45, 7) is 4.60. The van der Waals surface area contributed by atoms with Gasteiger partial charge in [0.1, 0.15) is 11.8 Å². The minimum Gasteiger partial charge on any atom is -0.497 e. The van der Waals surface area contributed by atoms with Gasteiger partial charge in [-0.15, -0.1) is 0 Å². The van der Waals surface area contributed by atoms with Crippen LogP contribution in [0, 0.1) is 6.92 Å². The van der Waals surface area contributed by atoms with E-state index in [9.17, 15) is 18.0 Å². The van der Waals surface area contributed by atoms with Crippen LogP contribution in [0.3, 0.4) is 0 Å². The lowest BCUT2D eigenvalue weighted by Gasteiger charge is -2.38. The molecule has 0 unspecified atom stereocenters. The molecule has 0 radical (unpaired) electrons. The first-order valence-corrected chi connectivity index (χ1v) is 12.6. The maximum Gasteiger partial charge on any atom is 0.416 e. The number of hydroxylamine groups is 1. The number of carbonyl (C=O) groups excluding carboxylic acids is 1. The average Bonchev–Trinajstić information content (AvgIpc) is 2.90. The van der Waals surface area contributed by atoms with Gasteiger partial charge in [0.05, 0.1) is 19.8 Å². The minimum absolute atomic E-state index is 0.145. The molecule has 5 nitrogen and oxygen atoms in total. The smallest absolute Gasteiger partial charge is 0.416 e. The summed E-state index contributed by atoms with van der Waals surface area (Å²) >= 11 is 0. The number of ether oxygens (including phenoxy) is 1. The Labute approximate surface area is 222 Å². The van der Waals surface area contributed by atoms with E-state index in [1.807, 2.05) is 62.4 Å². The molecular formula is C30H35F3N2O3. The predicted octanol–water partition coefficient (Wildman–Crippen LogP) is 6.83. The number of hydrogen-bond donors (Lipinski definition) is 1. The molecule has 0 aromatic heterocycles. The lowest BCUT2D eigenvalue weighted by atomic mass is 9.91. The number of alkyl halides is 3. The molecule has 0 saturated heterocycles. The van der Waals surface area contributed by atoms with Gasteiger partial charge in [0.2, 0.25) is 0 Å². The summed E-state index contributed by atoms with van der Waals surface area (Å²) in [5.41, 5.74) is 5.61. The second-order valence-corrected chi connectivity index (χ2v) is 9.14. The van der Waals surface area contributed by atoms with Gasteiger partial charge in [-0.3, -0.25) is 14.5 Å². The summed E-state index contributed by atoms with van der Waals surface area (Å²) in [6.07, 6.45) is -2.34. The van der Waals surface area contributed by atoms with Gasteiger partial charge in [-0.25, -0.2) is 5.48 Å². The molecule has 0 aliphatic carbocycles. The number of nitrogens with zero attached hydrogens (tertiary/aromatic N) is 1. The summed E-state index contributed by atoms with van der Waals surface area (Å²) in [7, 11) is 3.03. The van der Waals surface area contributed by atoms with Gasteiger partial charge in [-0.05, 0) is 79.3 Å². The van der Waals surface area contributed by atoms with Crippen LogP contribution in [-0.4, -0.2) is 31.6 Å². The van der Waals surface area contributed by atoms with E-state index in [1.54, 1.807) is 7.11 Å². The van der Waals surface area contributed by atoms with Crippen molar-refractivity contribution in [2.24, 2.45) is 0 Å². The van der Waals surface area contributed by atoms with E-state index in [0.29, 0.717) is 25.8 Å². The molecule has 8 heteroatoms. The quantitative estimate of drug-likeness (QED) is 0.262. The molecule has 0 saturated carbocycles. The third kappa shape index (κ3) is 7.36. The van der Waals surface area contributed by atoms with E-state index in [-0.39, 0.29) is 11.9 Å². The van der Waals surface area contributed by atoms with Crippen LogP contribution in [0.25, 0.3) is 0 Å². The molecule has 2 atom stereocenters. The summed E-state index contributed by atoms with van der Waals surface area (Å²) < 4.78 is 44.3. The van der Waals surface area contributed by atoms with Crippen LogP contribution in [-0.2, 0) is 22.2 Å². The van der Waals surface area contributed by atoms with Crippen LogP contribution >= 0.6 is 0 Å². The number of hydrogen-bond acceptors (Lipinski definition) is 4. The standard InChI is InChI=1S/C30H35F3N2O3/c1-5-35(28(29(36)34-38-4)23-11-7-6-8-12-23)27(26-19-18-25(37-3)20-21(26)2)13-9-10-22-14-16-24(17-15-22)30(31,32)33/h6-8,11-12,14-20,27-28H,5,9-10,13H2,1-4H3,(H,34,36)/t27-,28+/m0/s1. The number of aryl methyl sites for hydroxylation is 2. The largest absolute Gasteiger partial charge is 0.497 e. The molecule has 0 heterocycles. The molecule has 1 amide bonds. The Balaban J connectivity index is 1.94. The number of carbonyl (C=O) groups is 1. The molecule has 0 fully saturated rings. The molecule has 0 aliphatic heterocycles. The van der Waals surface area contributed by atoms with E-state index in [2.05, 4.69) is 10.4 Å². The van der Waals surface area contributed by atoms with E-state index in [4.69, 9.17) is 9.57 Å². The Morgan fingerprint density at radius 2 is 1.68 bits per heavy atom. The van der Waals surface area contributed by atoms with E-state index >= 15 is 0 Å². The van der Waals surface area contributed by atoms with E-state index < -0.39 is 17.8 Å². The summed E-state index contributed by atoms with van der Waals surface area (Å²) in [5, 5.41) is 0. The van der Waals surface area contributed by atoms with Crippen LogP contribution in [0.2, 0.25) is 0 Å². The molecule has 3 aromatic carbocycles. The third-order valence-electron chi connectivity index (χ3n) is 6.72. The number of amides is 1. The average molecular weight is 529 g/mol. The van der Waals surface area contributed by atoms with Crippen LogP contribution < -0.4 is 10.2 Å². The number of halogens is 3. The normalized spacial score (nSPS) is 13.3. The molecule has 0 bridgehead atoms. The Bertz CT molecular complexity index is 1170. The van der Waals surface area contributed by atoms with E-state index in [0.717, 1.165) is 40.1 Å². The fourth-order valence-corrected chi connectivity index (χ4v) is 4.88. The number of likely N-dealkylation sites (N-methyl/N-ethyl adjacent to an activating group) is 1. The van der Waals surface area contributed by atoms with Crippen LogP contribution in [0.15, 0.2) is 72.8 Å². The number of methoxy groups -OCH3 is 1. The zero-order valence-electron chi connectivity index (χ0n) is 22.2. The van der Waals surface area contributed by atoms with Crippen molar-refractivity contribution in [2.75, 3.05) is 20.8 Å². The monoisotopic (exact) mass is 528 g/mol. The Morgan fingerprint density at radius 3 is 2.24 bits per heavy atom. The van der Waals surface area contributed by atoms with Crippen LogP contribution in [0.5, 0.6) is 5.75 Å². The molecule has 0 spiro atoms. The fourth-order valence-electron chi connectivity index (χ4n) is 4.88. The fraction of sp³-hybridized carbons (Fsp3) is 0.367. The zero-order chi connectivity index (χ0) is 27.7. The van der Waals surface area contributed by atoms with Gasteiger partial charge in [0.25, 0.3) is 5.91 Å². The topological polar surface area (TPSA) is 50.8 Å². The first-order valence-electron chi connectivity index (χ1n) is 12.6. The van der Waals surface area contributed by atoms with Gasteiger partial charge >= 0.3 is 6.18 Å². The van der Waals surface area contributed by atoms with Gasteiger partial charge in [-0.2, -0.15) is 13.2 Å². The predicted molar refractivity (Wildman–Crippen MR) is 142 cm³/mol. The maximum absolute atomic E-state index is 13.3. The van der Waals surface area contributed by atoms with Crippen molar-refractivity contribution >= 4 is 5.91 Å². The molecule has 38 heavy (non-hydrogen) atoms. The van der Waals surface area contributed by atoms with Crippen molar-refractivity contribution in [2.45, 2.75) is 51.4 Å². The molecule has 3 aromatic rings. The summed E-state index contributed by atoms with van der Waals surface area (Å²) in [6, 6.07) is 20.0. The van der Waals surface area contributed by atoms with Crippen molar-refractivity contribution in [1.29, 1.82) is 0 Å². The molecular weight excluding hydrogens is 493 g/mol. The van der Waals surface area contributed by atoms with Crippen LogP contribution in [0.4, 0.5) is 13.2 Å². The molecule has 0 aliphatic rings. The van der Waals surface area contributed by atoms with Crippen LogP contribution in [0.1, 0.15) is 59.7 Å². The zero-order valence-corrected chi connectivity index (χ0v) is 22.2. The second kappa shape index (κ2) is 13.4. The Hall–Kier alpha value is -3.36. The SMILES string of the molecule is CCN([C@@H](CCCc1ccc(C(F)(F)F)cc1)c1ccc(OC)cc1C)[C@@H](C(=O)NOC)c1ccccc1. The van der Waals surface area contributed by atoms with Gasteiger partial charge in [-0.1, -0.05) is 55.5 Å². The van der Waals surface area contributed by atoms with Gasteiger partial charge in [0.15, 0.2) is 0 Å². The lowest BCUT2D eigenvalue weighted by molar-refractivity contribution is -0.139. The van der Waals surface area contributed by atoms with Crippen molar-refractivity contribution in [3.8, 4) is 5.75 Å². The summed E-state index contributed by atoms with van der Waals surface area (Å²) in [5.74, 6) is 0.467. The van der Waals surface area contributed by atoms with Crippen molar-refractivity contribution < 1.29 is 27.5 Å². The van der Waals surface area contributed by atoms with Gasteiger partial charge < -0.3 is 4.74 Å². The number of benzene rings is 3. The van der Waals surface area contributed by atoms with Gasteiger partial charge in [0, 0.05) is 6.04 Å². The molecule has 204 valence electrons. The highest BCUT2D eigenvalue weighted by molar-refractivity contribution is 5.82. The Kier molecular flexibility index (Phi) is 10.3. The molecule has 1 N–H and O–H groups in total. The highest BCUT2D eigenvalue weighted by Gasteiger charge is 2.33. The highest BCUT2D eigenvalue weighted by atomic mass is 19.4. The van der Waals surface area contributed by atoms with Crippen molar-refractivity contribution in [1.82, 2.24) is 10.4 Å². The van der Waals surface area contributed by atoms with E-state index in [1.165, 1.54) is 19.2 Å². The Morgan fingerprint density at radius 1 is 1.00 bits per heavy atom. The summed E-state index contributed by atoms with van der Waals surface area (Å²) in [4.78, 5) is 20.4. The highest BCUT2D eigenvalue weighted by Crippen LogP contribution is 2.37. The minimum atomic E-state index is -4.35. The number of nitrogens with one attached hydrogen (secondary N) is 1. The lowest BCUT2D eigenvalue weighted by Crippen LogP contribution is -2.42. The third-order valence-corrected chi connectivity index (χ3v) is 6.72.